The van der Waals surface area contributed by atoms with E-state index in [0.717, 1.165) is 22.0 Å². The Labute approximate surface area is 166 Å². The second-order valence-electron chi connectivity index (χ2n) is 6.45. The van der Waals surface area contributed by atoms with E-state index in [1.807, 2.05) is 42.5 Å². The van der Waals surface area contributed by atoms with Crippen LogP contribution in [0.25, 0.3) is 22.0 Å². The molecule has 140 valence electrons. The first-order valence-electron chi connectivity index (χ1n) is 8.78. The van der Waals surface area contributed by atoms with Crippen molar-refractivity contribution in [3.63, 3.8) is 0 Å². The van der Waals surface area contributed by atoms with Crippen molar-refractivity contribution in [2.24, 2.45) is 0 Å². The summed E-state index contributed by atoms with van der Waals surface area (Å²) in [5.41, 5.74) is 2.82. The maximum atomic E-state index is 13.4. The van der Waals surface area contributed by atoms with Gasteiger partial charge in [0.25, 0.3) is 5.56 Å². The van der Waals surface area contributed by atoms with Crippen LogP contribution in [0, 0.1) is 5.82 Å². The SMILES string of the molecule is COc1c(-c2ccc(F)cc2)c2ccccc2n(Cc2cccc(Cl)c2)c1=O. The molecule has 0 N–H and O–H groups in total. The summed E-state index contributed by atoms with van der Waals surface area (Å²) in [4.78, 5) is 13.3. The van der Waals surface area contributed by atoms with Gasteiger partial charge in [-0.15, -0.1) is 0 Å². The third-order valence-electron chi connectivity index (χ3n) is 4.70. The maximum absolute atomic E-state index is 13.4. The molecular weight excluding hydrogens is 377 g/mol. The van der Waals surface area contributed by atoms with Crippen molar-refractivity contribution in [2.75, 3.05) is 7.11 Å². The lowest BCUT2D eigenvalue weighted by Gasteiger charge is -2.17. The highest BCUT2D eigenvalue weighted by Crippen LogP contribution is 2.34. The molecule has 3 nitrogen and oxygen atoms in total. The largest absolute Gasteiger partial charge is 0.491 e. The van der Waals surface area contributed by atoms with Gasteiger partial charge in [0.1, 0.15) is 5.82 Å². The normalized spacial score (nSPS) is 11.0. The molecular formula is C23H17ClFNO2. The molecule has 0 aliphatic carbocycles. The first-order chi connectivity index (χ1) is 13.6. The van der Waals surface area contributed by atoms with E-state index in [0.29, 0.717) is 17.1 Å². The maximum Gasteiger partial charge on any atom is 0.294 e. The summed E-state index contributed by atoms with van der Waals surface area (Å²) in [7, 11) is 1.47. The van der Waals surface area contributed by atoms with Gasteiger partial charge in [0, 0.05) is 16.0 Å². The number of hydrogen-bond donors (Lipinski definition) is 0. The van der Waals surface area contributed by atoms with Crippen molar-refractivity contribution in [3.05, 3.63) is 99.6 Å². The molecule has 0 aliphatic rings. The Balaban J connectivity index is 2.00. The molecule has 0 fully saturated rings. The minimum atomic E-state index is -0.332. The van der Waals surface area contributed by atoms with Crippen LogP contribution in [0.4, 0.5) is 4.39 Å². The Morgan fingerprint density at radius 3 is 2.46 bits per heavy atom. The lowest BCUT2D eigenvalue weighted by Crippen LogP contribution is -2.23. The van der Waals surface area contributed by atoms with Gasteiger partial charge in [0.05, 0.1) is 19.2 Å². The first kappa shape index (κ1) is 18.3. The highest BCUT2D eigenvalue weighted by atomic mass is 35.5. The Hall–Kier alpha value is -3.11. The number of aromatic nitrogens is 1. The number of rotatable bonds is 4. The molecule has 4 aromatic rings. The molecule has 1 aromatic heterocycles. The summed E-state index contributed by atoms with van der Waals surface area (Å²) in [5.74, 6) is -0.103. The monoisotopic (exact) mass is 393 g/mol. The van der Waals surface area contributed by atoms with Crippen LogP contribution in [0.5, 0.6) is 5.75 Å². The van der Waals surface area contributed by atoms with E-state index in [-0.39, 0.29) is 17.1 Å². The van der Waals surface area contributed by atoms with Gasteiger partial charge >= 0.3 is 0 Å². The molecule has 0 amide bonds. The number of hydrogen-bond acceptors (Lipinski definition) is 2. The Morgan fingerprint density at radius 1 is 1.00 bits per heavy atom. The number of benzene rings is 3. The Bertz CT molecular complexity index is 1220. The molecule has 0 saturated carbocycles. The zero-order valence-corrected chi connectivity index (χ0v) is 15.9. The second kappa shape index (κ2) is 7.49. The van der Waals surface area contributed by atoms with Crippen LogP contribution in [-0.4, -0.2) is 11.7 Å². The zero-order chi connectivity index (χ0) is 19.7. The van der Waals surface area contributed by atoms with Crippen LogP contribution in [0.15, 0.2) is 77.6 Å². The number of para-hydroxylation sites is 1. The van der Waals surface area contributed by atoms with E-state index in [2.05, 4.69) is 0 Å². The molecule has 28 heavy (non-hydrogen) atoms. The van der Waals surface area contributed by atoms with Gasteiger partial charge in [-0.1, -0.05) is 54.1 Å². The van der Waals surface area contributed by atoms with Crippen LogP contribution < -0.4 is 10.3 Å². The summed E-state index contributed by atoms with van der Waals surface area (Å²) < 4.78 is 20.6. The third kappa shape index (κ3) is 3.27. The fraction of sp³-hybridized carbons (Fsp3) is 0.0870. The van der Waals surface area contributed by atoms with E-state index < -0.39 is 0 Å². The number of halogens is 2. The van der Waals surface area contributed by atoms with Gasteiger partial charge < -0.3 is 9.30 Å². The molecule has 0 radical (unpaired) electrons. The van der Waals surface area contributed by atoms with Crippen LogP contribution in [0.1, 0.15) is 5.56 Å². The molecule has 0 unspecified atom stereocenters. The van der Waals surface area contributed by atoms with Gasteiger partial charge in [0.15, 0.2) is 5.75 Å². The molecule has 0 saturated heterocycles. The van der Waals surface area contributed by atoms with Gasteiger partial charge in [-0.2, -0.15) is 0 Å². The minimum Gasteiger partial charge on any atom is -0.491 e. The first-order valence-corrected chi connectivity index (χ1v) is 9.16. The van der Waals surface area contributed by atoms with E-state index in [9.17, 15) is 9.18 Å². The van der Waals surface area contributed by atoms with Crippen LogP contribution in [0.3, 0.4) is 0 Å². The van der Waals surface area contributed by atoms with Crippen LogP contribution in [-0.2, 0) is 6.54 Å². The molecule has 5 heteroatoms. The highest BCUT2D eigenvalue weighted by molar-refractivity contribution is 6.30. The van der Waals surface area contributed by atoms with Crippen molar-refractivity contribution in [2.45, 2.75) is 6.54 Å². The quantitative estimate of drug-likeness (QED) is 0.457. The molecule has 3 aromatic carbocycles. The van der Waals surface area contributed by atoms with E-state index in [4.69, 9.17) is 16.3 Å². The van der Waals surface area contributed by atoms with Gasteiger partial charge in [-0.05, 0) is 41.5 Å². The third-order valence-corrected chi connectivity index (χ3v) is 4.93. The second-order valence-corrected chi connectivity index (χ2v) is 6.89. The Kier molecular flexibility index (Phi) is 4.88. The standard InChI is InChI=1S/C23H17ClFNO2/c1-28-22-21(16-9-11-18(25)12-10-16)19-7-2-3-8-20(19)26(23(22)27)14-15-5-4-6-17(24)13-15/h2-13H,14H2,1H3. The molecule has 1 heterocycles. The fourth-order valence-electron chi connectivity index (χ4n) is 3.45. The number of methoxy groups -OCH3 is 1. The minimum absolute atomic E-state index is 0.229. The summed E-state index contributed by atoms with van der Waals surface area (Å²) in [6, 6.07) is 21.1. The molecule has 0 bridgehead atoms. The van der Waals surface area contributed by atoms with Crippen molar-refractivity contribution in [1.82, 2.24) is 4.57 Å². The van der Waals surface area contributed by atoms with Crippen molar-refractivity contribution in [1.29, 1.82) is 0 Å². The molecule has 0 spiro atoms. The smallest absolute Gasteiger partial charge is 0.294 e. The summed E-state index contributed by atoms with van der Waals surface area (Å²) >= 11 is 6.10. The number of ether oxygens (including phenoxy) is 1. The van der Waals surface area contributed by atoms with E-state index in [1.165, 1.54) is 19.2 Å². The topological polar surface area (TPSA) is 31.2 Å². The van der Waals surface area contributed by atoms with Gasteiger partial charge in [-0.25, -0.2) is 4.39 Å². The van der Waals surface area contributed by atoms with E-state index >= 15 is 0 Å². The number of fused-ring (bicyclic) bond motifs is 1. The van der Waals surface area contributed by atoms with Crippen LogP contribution in [0.2, 0.25) is 5.02 Å². The van der Waals surface area contributed by atoms with Crippen molar-refractivity contribution < 1.29 is 9.13 Å². The zero-order valence-electron chi connectivity index (χ0n) is 15.2. The summed E-state index contributed by atoms with van der Waals surface area (Å²) in [6.45, 7) is 0.361. The number of nitrogens with zero attached hydrogens (tertiary/aromatic N) is 1. The lowest BCUT2D eigenvalue weighted by atomic mass is 9.99. The fourth-order valence-corrected chi connectivity index (χ4v) is 3.66. The average molecular weight is 394 g/mol. The molecule has 0 atom stereocenters. The van der Waals surface area contributed by atoms with Gasteiger partial charge in [0.2, 0.25) is 0 Å². The highest BCUT2D eigenvalue weighted by Gasteiger charge is 2.19. The van der Waals surface area contributed by atoms with Crippen LogP contribution >= 0.6 is 11.6 Å². The Morgan fingerprint density at radius 2 is 1.75 bits per heavy atom. The van der Waals surface area contributed by atoms with Gasteiger partial charge in [-0.3, -0.25) is 4.79 Å². The average Bonchev–Trinajstić information content (AvgIpc) is 2.70. The molecule has 4 rings (SSSR count). The predicted molar refractivity (Wildman–Crippen MR) is 111 cm³/mol. The summed E-state index contributed by atoms with van der Waals surface area (Å²) in [6.07, 6.45) is 0. The van der Waals surface area contributed by atoms with Crippen molar-refractivity contribution in [3.8, 4) is 16.9 Å². The predicted octanol–water partition coefficient (Wildman–Crippen LogP) is 5.52. The van der Waals surface area contributed by atoms with E-state index in [1.54, 1.807) is 22.8 Å². The summed E-state index contributed by atoms with van der Waals surface area (Å²) in [5, 5.41) is 1.47. The van der Waals surface area contributed by atoms with Crippen molar-refractivity contribution >= 4 is 22.5 Å². The lowest BCUT2D eigenvalue weighted by molar-refractivity contribution is 0.407. The number of pyridine rings is 1. The molecule has 0 aliphatic heterocycles.